The number of nitrogens with zero attached hydrogens (tertiary/aromatic N) is 3. The lowest BCUT2D eigenvalue weighted by molar-refractivity contribution is -0.116. The zero-order valence-corrected chi connectivity index (χ0v) is 9.65. The molecule has 3 N–H and O–H groups in total. The summed E-state index contributed by atoms with van der Waals surface area (Å²) in [5, 5.41) is 27.9. The maximum Gasteiger partial charge on any atom is 0.339 e. The Kier molecular flexibility index (Phi) is 3.42. The molecule has 0 aliphatic heterocycles. The van der Waals surface area contributed by atoms with Crippen LogP contribution < -0.4 is 5.32 Å². The summed E-state index contributed by atoms with van der Waals surface area (Å²) >= 11 is 0. The molecule has 8 heteroatoms. The van der Waals surface area contributed by atoms with Gasteiger partial charge in [0.25, 0.3) is 0 Å². The second-order valence-corrected chi connectivity index (χ2v) is 3.69. The Morgan fingerprint density at radius 2 is 2.16 bits per heavy atom. The highest BCUT2D eigenvalue weighted by Crippen LogP contribution is 2.21. The molecular formula is C11H10N4O4. The molecule has 0 fully saturated rings. The van der Waals surface area contributed by atoms with E-state index in [1.807, 2.05) is 0 Å². The summed E-state index contributed by atoms with van der Waals surface area (Å²) in [5.41, 5.74) is 0.0712. The van der Waals surface area contributed by atoms with Crippen LogP contribution in [0.25, 0.3) is 0 Å². The topological polar surface area (TPSA) is 117 Å². The van der Waals surface area contributed by atoms with Gasteiger partial charge in [-0.25, -0.2) is 9.48 Å². The highest BCUT2D eigenvalue weighted by atomic mass is 16.4. The molecule has 19 heavy (non-hydrogen) atoms. The number of hydrogen-bond donors (Lipinski definition) is 3. The van der Waals surface area contributed by atoms with Crippen molar-refractivity contribution in [3.8, 4) is 5.75 Å². The maximum atomic E-state index is 11.6. The van der Waals surface area contributed by atoms with Gasteiger partial charge in [-0.05, 0) is 12.1 Å². The Hall–Kier alpha value is -2.90. The molecule has 0 radical (unpaired) electrons. The van der Waals surface area contributed by atoms with Crippen LogP contribution in [-0.4, -0.2) is 37.1 Å². The summed E-state index contributed by atoms with van der Waals surface area (Å²) in [4.78, 5) is 22.3. The second kappa shape index (κ2) is 5.17. The molecule has 8 nitrogen and oxygen atoms in total. The molecule has 0 atom stereocenters. The number of aromatic nitrogens is 3. The summed E-state index contributed by atoms with van der Waals surface area (Å²) in [6.07, 6.45) is 2.98. The fourth-order valence-electron chi connectivity index (χ4n) is 1.45. The summed E-state index contributed by atoms with van der Waals surface area (Å²) in [6.45, 7) is -0.0263. The van der Waals surface area contributed by atoms with E-state index in [9.17, 15) is 14.7 Å². The molecule has 0 aliphatic rings. The van der Waals surface area contributed by atoms with Crippen LogP contribution in [0.5, 0.6) is 5.75 Å². The van der Waals surface area contributed by atoms with E-state index >= 15 is 0 Å². The third kappa shape index (κ3) is 3.06. The first-order chi connectivity index (χ1) is 9.06. The van der Waals surface area contributed by atoms with Crippen molar-refractivity contribution in [2.24, 2.45) is 0 Å². The van der Waals surface area contributed by atoms with E-state index in [1.165, 1.54) is 35.3 Å². The number of benzene rings is 1. The fraction of sp³-hybridized carbons (Fsp3) is 0.0909. The number of aromatic hydroxyl groups is 1. The van der Waals surface area contributed by atoms with Crippen molar-refractivity contribution in [1.29, 1.82) is 0 Å². The maximum absolute atomic E-state index is 11.6. The molecule has 1 amide bonds. The van der Waals surface area contributed by atoms with Crippen molar-refractivity contribution in [1.82, 2.24) is 15.0 Å². The van der Waals surface area contributed by atoms with Gasteiger partial charge in [0.2, 0.25) is 5.91 Å². The first-order valence-electron chi connectivity index (χ1n) is 5.26. The minimum atomic E-state index is -1.24. The van der Waals surface area contributed by atoms with Gasteiger partial charge in [0.15, 0.2) is 0 Å². The molecular weight excluding hydrogens is 252 g/mol. The van der Waals surface area contributed by atoms with E-state index in [-0.39, 0.29) is 18.0 Å². The minimum Gasteiger partial charge on any atom is -0.507 e. The smallest absolute Gasteiger partial charge is 0.339 e. The van der Waals surface area contributed by atoms with E-state index in [4.69, 9.17) is 5.11 Å². The Labute approximate surface area is 107 Å². The number of nitrogens with one attached hydrogen (secondary N) is 1. The summed E-state index contributed by atoms with van der Waals surface area (Å²) in [6, 6.07) is 3.77. The third-order valence-electron chi connectivity index (χ3n) is 2.29. The molecule has 0 spiro atoms. The van der Waals surface area contributed by atoms with Crippen LogP contribution in [0.3, 0.4) is 0 Å². The lowest BCUT2D eigenvalue weighted by Crippen LogP contribution is -2.19. The Bertz CT molecular complexity index is 609. The Balaban J connectivity index is 2.05. The lowest BCUT2D eigenvalue weighted by atomic mass is 10.2. The van der Waals surface area contributed by atoms with Gasteiger partial charge in [0, 0.05) is 18.0 Å². The van der Waals surface area contributed by atoms with Crippen LogP contribution in [0.15, 0.2) is 30.6 Å². The minimum absolute atomic E-state index is 0.0263. The van der Waals surface area contributed by atoms with Gasteiger partial charge in [-0.1, -0.05) is 5.21 Å². The predicted molar refractivity (Wildman–Crippen MR) is 63.7 cm³/mol. The molecule has 0 aliphatic carbocycles. The normalized spacial score (nSPS) is 10.1. The molecule has 1 aromatic carbocycles. The summed E-state index contributed by atoms with van der Waals surface area (Å²) < 4.78 is 1.33. The van der Waals surface area contributed by atoms with Gasteiger partial charge in [0.05, 0.1) is 6.20 Å². The molecule has 0 unspecified atom stereocenters. The zero-order chi connectivity index (χ0) is 13.8. The second-order valence-electron chi connectivity index (χ2n) is 3.69. The lowest BCUT2D eigenvalue weighted by Gasteiger charge is -2.06. The van der Waals surface area contributed by atoms with E-state index in [0.29, 0.717) is 5.69 Å². The number of carboxylic acids is 1. The van der Waals surface area contributed by atoms with Crippen molar-refractivity contribution >= 4 is 17.6 Å². The number of carboxylic acid groups (broad SMARTS) is 1. The molecule has 1 heterocycles. The largest absolute Gasteiger partial charge is 0.507 e. The monoisotopic (exact) mass is 262 g/mol. The van der Waals surface area contributed by atoms with Crippen LogP contribution in [0.2, 0.25) is 0 Å². The van der Waals surface area contributed by atoms with Gasteiger partial charge >= 0.3 is 5.97 Å². The van der Waals surface area contributed by atoms with E-state index in [1.54, 1.807) is 0 Å². The molecule has 98 valence electrons. The highest BCUT2D eigenvalue weighted by Gasteiger charge is 2.11. The zero-order valence-electron chi connectivity index (χ0n) is 9.65. The first-order valence-corrected chi connectivity index (χ1v) is 5.26. The van der Waals surface area contributed by atoms with E-state index in [2.05, 4.69) is 15.6 Å². The quantitative estimate of drug-likeness (QED) is 0.730. The van der Waals surface area contributed by atoms with Gasteiger partial charge in [-0.3, -0.25) is 4.79 Å². The summed E-state index contributed by atoms with van der Waals surface area (Å²) in [5.74, 6) is -2.02. The van der Waals surface area contributed by atoms with E-state index < -0.39 is 11.7 Å². The van der Waals surface area contributed by atoms with Crippen molar-refractivity contribution in [3.05, 3.63) is 36.2 Å². The average molecular weight is 262 g/mol. The van der Waals surface area contributed by atoms with Crippen LogP contribution >= 0.6 is 0 Å². The Morgan fingerprint density at radius 1 is 1.37 bits per heavy atom. The molecule has 0 bridgehead atoms. The number of hydrogen-bond acceptors (Lipinski definition) is 5. The Morgan fingerprint density at radius 3 is 2.74 bits per heavy atom. The van der Waals surface area contributed by atoms with Crippen LogP contribution in [0.4, 0.5) is 5.69 Å². The van der Waals surface area contributed by atoms with Crippen molar-refractivity contribution < 1.29 is 19.8 Å². The van der Waals surface area contributed by atoms with Crippen molar-refractivity contribution in [2.45, 2.75) is 6.54 Å². The highest BCUT2D eigenvalue weighted by molar-refractivity contribution is 5.94. The number of rotatable bonds is 4. The number of carbonyl (C=O) groups is 2. The van der Waals surface area contributed by atoms with Crippen LogP contribution in [-0.2, 0) is 11.3 Å². The van der Waals surface area contributed by atoms with Crippen LogP contribution in [0, 0.1) is 0 Å². The van der Waals surface area contributed by atoms with Crippen molar-refractivity contribution in [2.75, 3.05) is 5.32 Å². The predicted octanol–water partition coefficient (Wildman–Crippen LogP) is 0.321. The standard InChI is InChI=1S/C11H10N4O4/c16-9-5-7(1-2-8(9)11(18)19)13-10(17)6-15-4-3-12-14-15/h1-5,16H,6H2,(H,13,17)(H,18,19). The number of carbonyl (C=O) groups excluding carboxylic acids is 1. The first kappa shape index (κ1) is 12.6. The average Bonchev–Trinajstić information content (AvgIpc) is 2.81. The number of aromatic carboxylic acids is 1. The third-order valence-corrected chi connectivity index (χ3v) is 2.29. The molecule has 0 saturated heterocycles. The van der Waals surface area contributed by atoms with Gasteiger partial charge in [-0.15, -0.1) is 5.10 Å². The molecule has 2 rings (SSSR count). The molecule has 1 aromatic heterocycles. The fourth-order valence-corrected chi connectivity index (χ4v) is 1.45. The SMILES string of the molecule is O=C(Cn1ccnn1)Nc1ccc(C(=O)O)c(O)c1. The number of anilines is 1. The van der Waals surface area contributed by atoms with Crippen LogP contribution in [0.1, 0.15) is 10.4 Å². The van der Waals surface area contributed by atoms with E-state index in [0.717, 1.165) is 0 Å². The summed E-state index contributed by atoms with van der Waals surface area (Å²) in [7, 11) is 0. The number of amides is 1. The molecule has 2 aromatic rings. The van der Waals surface area contributed by atoms with Gasteiger partial charge in [-0.2, -0.15) is 0 Å². The van der Waals surface area contributed by atoms with Gasteiger partial charge < -0.3 is 15.5 Å². The number of phenols is 1. The molecule has 0 saturated carbocycles. The van der Waals surface area contributed by atoms with Gasteiger partial charge in [0.1, 0.15) is 17.9 Å². The van der Waals surface area contributed by atoms with Crippen molar-refractivity contribution in [3.63, 3.8) is 0 Å².